The van der Waals surface area contributed by atoms with E-state index in [2.05, 4.69) is 15.3 Å². The topological polar surface area (TPSA) is 74.6 Å². The van der Waals surface area contributed by atoms with E-state index in [9.17, 15) is 0 Å². The number of anilines is 1. The zero-order chi connectivity index (χ0) is 12.6. The Morgan fingerprint density at radius 2 is 2.06 bits per heavy atom. The normalized spacial score (nSPS) is 11.1. The van der Waals surface area contributed by atoms with Gasteiger partial charge in [-0.3, -0.25) is 9.25 Å². The maximum absolute atomic E-state index is 6.16. The number of nitrogens with two attached hydrogens (primary N) is 1. The van der Waals surface area contributed by atoms with E-state index in [0.717, 1.165) is 16.5 Å². The van der Waals surface area contributed by atoms with Gasteiger partial charge in [-0.2, -0.15) is 5.10 Å². The number of nitrogen functional groups attached to an aromatic ring is 1. The highest BCUT2D eigenvalue weighted by Gasteiger charge is 2.13. The lowest BCUT2D eigenvalue weighted by molar-refractivity contribution is 0.726. The van der Waals surface area contributed by atoms with Crippen molar-refractivity contribution in [1.82, 2.24) is 24.5 Å². The maximum atomic E-state index is 6.16. The Morgan fingerprint density at radius 3 is 2.53 bits per heavy atom. The summed E-state index contributed by atoms with van der Waals surface area (Å²) in [6.07, 6.45) is 0. The molecular weight excluding hydrogens is 260 g/mol. The Labute approximate surface area is 108 Å². The lowest BCUT2D eigenvalue weighted by Gasteiger charge is -2.02. The van der Waals surface area contributed by atoms with Gasteiger partial charge in [-0.15, -0.1) is 10.2 Å². The van der Waals surface area contributed by atoms with Gasteiger partial charge in [0.05, 0.1) is 16.4 Å². The van der Waals surface area contributed by atoms with Gasteiger partial charge in [-0.05, 0) is 6.92 Å². The molecular formula is C9H13ClN6S. The second kappa shape index (κ2) is 4.58. The number of rotatable bonds is 3. The maximum Gasteiger partial charge on any atom is 0.222 e. The van der Waals surface area contributed by atoms with Gasteiger partial charge in [0.25, 0.3) is 0 Å². The van der Waals surface area contributed by atoms with Crippen molar-refractivity contribution < 1.29 is 0 Å². The summed E-state index contributed by atoms with van der Waals surface area (Å²) < 4.78 is 3.52. The van der Waals surface area contributed by atoms with Crippen molar-refractivity contribution in [3.05, 3.63) is 16.4 Å². The summed E-state index contributed by atoms with van der Waals surface area (Å²) in [4.78, 5) is 0. The molecule has 0 saturated carbocycles. The summed E-state index contributed by atoms with van der Waals surface area (Å²) in [6.45, 7) is 1.89. The molecule has 0 unspecified atom stereocenters. The Bertz CT molecular complexity index is 546. The summed E-state index contributed by atoms with van der Waals surface area (Å²) in [7, 11) is 3.70. The van der Waals surface area contributed by atoms with E-state index in [1.807, 2.05) is 21.0 Å². The molecule has 0 bridgehead atoms. The molecule has 17 heavy (non-hydrogen) atoms. The predicted octanol–water partition coefficient (Wildman–Crippen LogP) is 1.38. The second-order valence-electron chi connectivity index (χ2n) is 3.66. The van der Waals surface area contributed by atoms with Crippen molar-refractivity contribution in [2.75, 3.05) is 5.73 Å². The van der Waals surface area contributed by atoms with Crippen LogP contribution < -0.4 is 5.73 Å². The van der Waals surface area contributed by atoms with Crippen LogP contribution in [0.1, 0.15) is 11.4 Å². The molecule has 0 fully saturated rings. The minimum atomic E-state index is 0.403. The molecule has 2 aromatic heterocycles. The average Bonchev–Trinajstić information content (AvgIpc) is 2.71. The molecule has 2 N–H and O–H groups in total. The van der Waals surface area contributed by atoms with E-state index < -0.39 is 0 Å². The molecule has 0 amide bonds. The minimum absolute atomic E-state index is 0.403. The Morgan fingerprint density at radius 1 is 1.35 bits per heavy atom. The first kappa shape index (κ1) is 12.3. The van der Waals surface area contributed by atoms with Gasteiger partial charge in [-0.1, -0.05) is 23.4 Å². The molecule has 0 spiro atoms. The summed E-state index contributed by atoms with van der Waals surface area (Å²) >= 11 is 7.69. The van der Waals surface area contributed by atoms with Gasteiger partial charge < -0.3 is 5.73 Å². The Hall–Kier alpha value is -1.21. The molecule has 6 nitrogen and oxygen atoms in total. The van der Waals surface area contributed by atoms with Crippen LogP contribution in [0.2, 0.25) is 5.02 Å². The zero-order valence-electron chi connectivity index (χ0n) is 9.81. The molecule has 0 aliphatic heterocycles. The van der Waals surface area contributed by atoms with Gasteiger partial charge in [0.15, 0.2) is 5.16 Å². The third-order valence-corrected chi connectivity index (χ3v) is 3.99. The number of halogens is 1. The van der Waals surface area contributed by atoms with Crippen molar-refractivity contribution in [2.24, 2.45) is 14.1 Å². The van der Waals surface area contributed by atoms with E-state index >= 15 is 0 Å². The van der Waals surface area contributed by atoms with Crippen molar-refractivity contribution >= 4 is 29.3 Å². The summed E-state index contributed by atoms with van der Waals surface area (Å²) in [6, 6.07) is 0. The molecule has 0 aliphatic carbocycles. The molecule has 0 radical (unpaired) electrons. The van der Waals surface area contributed by atoms with Gasteiger partial charge in [-0.25, -0.2) is 0 Å². The number of hydrogen-bond acceptors (Lipinski definition) is 5. The molecule has 0 atom stereocenters. The van der Waals surface area contributed by atoms with E-state index in [1.165, 1.54) is 11.8 Å². The highest BCUT2D eigenvalue weighted by molar-refractivity contribution is 7.98. The van der Waals surface area contributed by atoms with Crippen LogP contribution in [0.4, 0.5) is 5.95 Å². The Balaban J connectivity index is 2.15. The van der Waals surface area contributed by atoms with E-state index in [0.29, 0.717) is 16.7 Å². The summed E-state index contributed by atoms with van der Waals surface area (Å²) in [5.41, 5.74) is 7.41. The fourth-order valence-electron chi connectivity index (χ4n) is 1.42. The molecule has 2 heterocycles. The van der Waals surface area contributed by atoms with Crippen molar-refractivity contribution in [3.8, 4) is 0 Å². The number of aryl methyl sites for hydroxylation is 2. The van der Waals surface area contributed by atoms with Crippen LogP contribution in [0.15, 0.2) is 5.16 Å². The monoisotopic (exact) mass is 272 g/mol. The highest BCUT2D eigenvalue weighted by atomic mass is 35.5. The number of nitrogens with zero attached hydrogens (tertiary/aromatic N) is 5. The van der Waals surface area contributed by atoms with Crippen LogP contribution in [0.5, 0.6) is 0 Å². The zero-order valence-corrected chi connectivity index (χ0v) is 11.4. The second-order valence-corrected chi connectivity index (χ2v) is 4.98. The van der Waals surface area contributed by atoms with Crippen molar-refractivity contribution in [2.45, 2.75) is 17.8 Å². The molecule has 0 aromatic carbocycles. The summed E-state index contributed by atoms with van der Waals surface area (Å²) in [5.74, 6) is 1.09. The SMILES string of the molecule is Cc1nn(C)c(CSc2nnc(N)n2C)c1Cl. The lowest BCUT2D eigenvalue weighted by Crippen LogP contribution is -2.00. The number of thioether (sulfide) groups is 1. The molecule has 0 aliphatic rings. The van der Waals surface area contributed by atoms with Gasteiger partial charge in [0.2, 0.25) is 5.95 Å². The van der Waals surface area contributed by atoms with Gasteiger partial charge in [0, 0.05) is 19.8 Å². The standard InChI is InChI=1S/C9H13ClN6S/c1-5-7(10)6(16(3)14-5)4-17-9-13-12-8(11)15(9)2/h4H2,1-3H3,(H2,11,12). The quantitative estimate of drug-likeness (QED) is 0.855. The van der Waals surface area contributed by atoms with E-state index in [4.69, 9.17) is 17.3 Å². The highest BCUT2D eigenvalue weighted by Crippen LogP contribution is 2.27. The minimum Gasteiger partial charge on any atom is -0.368 e. The van der Waals surface area contributed by atoms with E-state index in [1.54, 1.807) is 9.25 Å². The largest absolute Gasteiger partial charge is 0.368 e. The molecule has 2 rings (SSSR count). The number of aromatic nitrogens is 5. The predicted molar refractivity (Wildman–Crippen MR) is 67.9 cm³/mol. The van der Waals surface area contributed by atoms with Crippen LogP contribution >= 0.6 is 23.4 Å². The van der Waals surface area contributed by atoms with Crippen LogP contribution in [0.25, 0.3) is 0 Å². The molecule has 2 aromatic rings. The van der Waals surface area contributed by atoms with Crippen LogP contribution in [0, 0.1) is 6.92 Å². The first-order chi connectivity index (χ1) is 8.00. The third kappa shape index (κ3) is 2.25. The smallest absolute Gasteiger partial charge is 0.222 e. The van der Waals surface area contributed by atoms with Crippen LogP contribution in [0.3, 0.4) is 0 Å². The summed E-state index contributed by atoms with van der Waals surface area (Å²) in [5, 5.41) is 13.5. The first-order valence-electron chi connectivity index (χ1n) is 4.96. The number of hydrogen-bond donors (Lipinski definition) is 1. The van der Waals surface area contributed by atoms with Gasteiger partial charge in [0.1, 0.15) is 0 Å². The molecule has 92 valence electrons. The lowest BCUT2D eigenvalue weighted by atomic mass is 10.4. The molecule has 0 saturated heterocycles. The van der Waals surface area contributed by atoms with Crippen molar-refractivity contribution in [3.63, 3.8) is 0 Å². The van der Waals surface area contributed by atoms with Gasteiger partial charge >= 0.3 is 0 Å². The third-order valence-electron chi connectivity index (χ3n) is 2.47. The average molecular weight is 273 g/mol. The van der Waals surface area contributed by atoms with Crippen LogP contribution in [-0.4, -0.2) is 24.5 Å². The van der Waals surface area contributed by atoms with E-state index in [-0.39, 0.29) is 0 Å². The van der Waals surface area contributed by atoms with Crippen LogP contribution in [-0.2, 0) is 19.8 Å². The Kier molecular flexibility index (Phi) is 3.30. The fraction of sp³-hybridized carbons (Fsp3) is 0.444. The fourth-order valence-corrected chi connectivity index (χ4v) is 2.71. The van der Waals surface area contributed by atoms with Crippen molar-refractivity contribution in [1.29, 1.82) is 0 Å². The first-order valence-corrected chi connectivity index (χ1v) is 6.32. The molecule has 8 heteroatoms.